The standard InChI is InChI=1S/C16H24N2O3/c1-4-20-14-8-7-11(2)10-13(14)12(3)17-16(19)18-15-6-5-9-21-15/h7-8,10,12,15H,4-6,9H2,1-3H3,(H2,17,18,19). The van der Waals surface area contributed by atoms with Gasteiger partial charge < -0.3 is 20.1 Å². The van der Waals surface area contributed by atoms with Crippen molar-refractivity contribution in [3.8, 4) is 5.75 Å². The molecular weight excluding hydrogens is 268 g/mol. The van der Waals surface area contributed by atoms with E-state index in [1.54, 1.807) is 0 Å². The fourth-order valence-corrected chi connectivity index (χ4v) is 2.45. The monoisotopic (exact) mass is 292 g/mol. The molecule has 2 rings (SSSR count). The van der Waals surface area contributed by atoms with Gasteiger partial charge in [-0.3, -0.25) is 0 Å². The van der Waals surface area contributed by atoms with Gasteiger partial charge in [0.2, 0.25) is 0 Å². The normalized spacial score (nSPS) is 19.1. The predicted octanol–water partition coefficient (Wildman–Crippen LogP) is 2.89. The third-order valence-electron chi connectivity index (χ3n) is 3.50. The molecular formula is C16H24N2O3. The van der Waals surface area contributed by atoms with Crippen LogP contribution in [-0.2, 0) is 4.74 Å². The summed E-state index contributed by atoms with van der Waals surface area (Å²) in [4.78, 5) is 12.0. The van der Waals surface area contributed by atoms with Crippen LogP contribution in [0.3, 0.4) is 0 Å². The summed E-state index contributed by atoms with van der Waals surface area (Å²) in [7, 11) is 0. The molecule has 2 N–H and O–H groups in total. The van der Waals surface area contributed by atoms with Gasteiger partial charge in [-0.1, -0.05) is 17.7 Å². The van der Waals surface area contributed by atoms with Crippen LogP contribution in [0.1, 0.15) is 43.9 Å². The van der Waals surface area contributed by atoms with Crippen molar-refractivity contribution in [1.29, 1.82) is 0 Å². The Morgan fingerprint density at radius 3 is 3.00 bits per heavy atom. The minimum Gasteiger partial charge on any atom is -0.494 e. The van der Waals surface area contributed by atoms with E-state index in [4.69, 9.17) is 9.47 Å². The molecule has 2 atom stereocenters. The summed E-state index contributed by atoms with van der Waals surface area (Å²) >= 11 is 0. The summed E-state index contributed by atoms with van der Waals surface area (Å²) in [5, 5.41) is 5.77. The van der Waals surface area contributed by atoms with Gasteiger partial charge >= 0.3 is 6.03 Å². The number of carbonyl (C=O) groups is 1. The fourth-order valence-electron chi connectivity index (χ4n) is 2.45. The zero-order chi connectivity index (χ0) is 15.2. The van der Waals surface area contributed by atoms with E-state index in [9.17, 15) is 4.79 Å². The topological polar surface area (TPSA) is 59.6 Å². The van der Waals surface area contributed by atoms with Crippen molar-refractivity contribution in [2.24, 2.45) is 0 Å². The van der Waals surface area contributed by atoms with Crippen molar-refractivity contribution in [2.45, 2.75) is 45.9 Å². The number of ether oxygens (including phenoxy) is 2. The van der Waals surface area contributed by atoms with Gasteiger partial charge in [-0.05, 0) is 39.7 Å². The van der Waals surface area contributed by atoms with Crippen molar-refractivity contribution in [2.75, 3.05) is 13.2 Å². The highest BCUT2D eigenvalue weighted by Gasteiger charge is 2.20. The van der Waals surface area contributed by atoms with Gasteiger partial charge in [0, 0.05) is 12.2 Å². The molecule has 2 amide bonds. The third kappa shape index (κ3) is 4.36. The number of benzene rings is 1. The molecule has 1 heterocycles. The number of rotatable bonds is 5. The highest BCUT2D eigenvalue weighted by Crippen LogP contribution is 2.26. The van der Waals surface area contributed by atoms with Gasteiger partial charge in [0.1, 0.15) is 12.0 Å². The smallest absolute Gasteiger partial charge is 0.317 e. The lowest BCUT2D eigenvalue weighted by atomic mass is 10.0. The zero-order valence-corrected chi connectivity index (χ0v) is 12.9. The first-order chi connectivity index (χ1) is 10.1. The van der Waals surface area contributed by atoms with E-state index in [0.29, 0.717) is 13.2 Å². The van der Waals surface area contributed by atoms with E-state index in [0.717, 1.165) is 29.7 Å². The molecule has 0 bridgehead atoms. The summed E-state index contributed by atoms with van der Waals surface area (Å²) in [6.45, 7) is 7.24. The van der Waals surface area contributed by atoms with E-state index in [2.05, 4.69) is 10.6 Å². The van der Waals surface area contributed by atoms with Crippen molar-refractivity contribution in [1.82, 2.24) is 10.6 Å². The summed E-state index contributed by atoms with van der Waals surface area (Å²) in [6, 6.07) is 5.66. The lowest BCUT2D eigenvalue weighted by molar-refractivity contribution is 0.0903. The van der Waals surface area contributed by atoms with Crippen LogP contribution in [0.5, 0.6) is 5.75 Å². The number of hydrogen-bond donors (Lipinski definition) is 2. The van der Waals surface area contributed by atoms with E-state index in [-0.39, 0.29) is 18.3 Å². The van der Waals surface area contributed by atoms with E-state index in [1.165, 1.54) is 0 Å². The molecule has 5 nitrogen and oxygen atoms in total. The maximum absolute atomic E-state index is 12.0. The van der Waals surface area contributed by atoms with E-state index >= 15 is 0 Å². The molecule has 0 saturated carbocycles. The van der Waals surface area contributed by atoms with Crippen molar-refractivity contribution in [3.05, 3.63) is 29.3 Å². The molecule has 0 aliphatic carbocycles. The minimum atomic E-state index is -0.210. The molecule has 116 valence electrons. The molecule has 2 unspecified atom stereocenters. The SMILES string of the molecule is CCOc1ccc(C)cc1C(C)NC(=O)NC1CCCO1. The molecule has 1 aromatic rings. The zero-order valence-electron chi connectivity index (χ0n) is 12.9. The number of carbonyl (C=O) groups excluding carboxylic acids is 1. The maximum atomic E-state index is 12.0. The Bertz CT molecular complexity index is 484. The predicted molar refractivity (Wildman–Crippen MR) is 81.4 cm³/mol. The van der Waals surface area contributed by atoms with Crippen molar-refractivity contribution >= 4 is 6.03 Å². The third-order valence-corrected chi connectivity index (χ3v) is 3.50. The van der Waals surface area contributed by atoms with Crippen molar-refractivity contribution < 1.29 is 14.3 Å². The van der Waals surface area contributed by atoms with Gasteiger partial charge in [0.05, 0.1) is 12.6 Å². The van der Waals surface area contributed by atoms with Crippen LogP contribution in [0.4, 0.5) is 4.79 Å². The van der Waals surface area contributed by atoms with Crippen LogP contribution in [0.15, 0.2) is 18.2 Å². The molecule has 5 heteroatoms. The Morgan fingerprint density at radius 2 is 2.33 bits per heavy atom. The van der Waals surface area contributed by atoms with Gasteiger partial charge in [-0.2, -0.15) is 0 Å². The van der Waals surface area contributed by atoms with Crippen LogP contribution in [0.25, 0.3) is 0 Å². The summed E-state index contributed by atoms with van der Waals surface area (Å²) in [5.41, 5.74) is 2.13. The van der Waals surface area contributed by atoms with Crippen LogP contribution >= 0.6 is 0 Å². The number of nitrogens with one attached hydrogen (secondary N) is 2. The molecule has 1 fully saturated rings. The summed E-state index contributed by atoms with van der Waals surface area (Å²) in [6.07, 6.45) is 1.70. The van der Waals surface area contributed by atoms with Crippen LogP contribution in [-0.4, -0.2) is 25.5 Å². The van der Waals surface area contributed by atoms with E-state index < -0.39 is 0 Å². The highest BCUT2D eigenvalue weighted by atomic mass is 16.5. The number of amides is 2. The van der Waals surface area contributed by atoms with Gasteiger partial charge in [-0.25, -0.2) is 4.79 Å². The quantitative estimate of drug-likeness (QED) is 0.877. The molecule has 1 aromatic carbocycles. The molecule has 0 spiro atoms. The fraction of sp³-hybridized carbons (Fsp3) is 0.562. The van der Waals surface area contributed by atoms with Gasteiger partial charge in [-0.15, -0.1) is 0 Å². The molecule has 1 saturated heterocycles. The Morgan fingerprint density at radius 1 is 1.52 bits per heavy atom. The maximum Gasteiger partial charge on any atom is 0.317 e. The average molecular weight is 292 g/mol. The largest absolute Gasteiger partial charge is 0.494 e. The number of urea groups is 1. The highest BCUT2D eigenvalue weighted by molar-refractivity contribution is 5.74. The Labute approximate surface area is 126 Å². The Kier molecular flexibility index (Phi) is 5.44. The first kappa shape index (κ1) is 15.6. The summed E-state index contributed by atoms with van der Waals surface area (Å²) < 4.78 is 11.0. The summed E-state index contributed by atoms with van der Waals surface area (Å²) in [5.74, 6) is 0.813. The van der Waals surface area contributed by atoms with Gasteiger partial charge in [0.25, 0.3) is 0 Å². The number of hydrogen-bond acceptors (Lipinski definition) is 3. The van der Waals surface area contributed by atoms with Crippen LogP contribution in [0, 0.1) is 6.92 Å². The van der Waals surface area contributed by atoms with Crippen LogP contribution < -0.4 is 15.4 Å². The first-order valence-electron chi connectivity index (χ1n) is 7.52. The molecule has 21 heavy (non-hydrogen) atoms. The molecule has 0 radical (unpaired) electrons. The second kappa shape index (κ2) is 7.31. The van der Waals surface area contributed by atoms with Crippen molar-refractivity contribution in [3.63, 3.8) is 0 Å². The van der Waals surface area contributed by atoms with Gasteiger partial charge in [0.15, 0.2) is 0 Å². The average Bonchev–Trinajstić information content (AvgIpc) is 2.93. The molecule has 1 aliphatic rings. The van der Waals surface area contributed by atoms with Crippen LogP contribution in [0.2, 0.25) is 0 Å². The number of aryl methyl sites for hydroxylation is 1. The molecule has 0 aromatic heterocycles. The lowest BCUT2D eigenvalue weighted by Gasteiger charge is -2.20. The minimum absolute atomic E-state index is 0.132. The Balaban J connectivity index is 1.99. The lowest BCUT2D eigenvalue weighted by Crippen LogP contribution is -2.42. The Hall–Kier alpha value is -1.75. The second-order valence-electron chi connectivity index (χ2n) is 5.32. The second-order valence-corrected chi connectivity index (χ2v) is 5.32. The first-order valence-corrected chi connectivity index (χ1v) is 7.52. The van der Waals surface area contributed by atoms with E-state index in [1.807, 2.05) is 39.0 Å². The molecule has 1 aliphatic heterocycles.